The Morgan fingerprint density at radius 3 is 2.31 bits per heavy atom. The van der Waals surface area contributed by atoms with Crippen LogP contribution >= 0.6 is 11.8 Å². The van der Waals surface area contributed by atoms with E-state index in [-0.39, 0.29) is 4.90 Å². The van der Waals surface area contributed by atoms with Gasteiger partial charge in [-0.3, -0.25) is 0 Å². The molecule has 0 unspecified atom stereocenters. The zero-order valence-electron chi connectivity index (χ0n) is 17.5. The smallest absolute Gasteiger partial charge is 0.278 e. The summed E-state index contributed by atoms with van der Waals surface area (Å²) >= 11 is 6.33. The summed E-state index contributed by atoms with van der Waals surface area (Å²) in [5.41, 5.74) is 3.51. The quantitative estimate of drug-likeness (QED) is 0.650. The summed E-state index contributed by atoms with van der Waals surface area (Å²) in [7, 11) is -1.71. The van der Waals surface area contributed by atoms with Gasteiger partial charge in [0, 0.05) is 23.5 Å². The number of rotatable bonds is 6. The van der Waals surface area contributed by atoms with Gasteiger partial charge in [-0.2, -0.15) is 12.2 Å². The van der Waals surface area contributed by atoms with E-state index in [2.05, 4.69) is 31.1 Å². The van der Waals surface area contributed by atoms with Crippen LogP contribution in [0.15, 0.2) is 47.4 Å². The highest BCUT2D eigenvalue weighted by Gasteiger charge is 2.25. The molecule has 158 valence electrons. The summed E-state index contributed by atoms with van der Waals surface area (Å²) in [6.45, 7) is 8.27. The highest BCUT2D eigenvalue weighted by atomic mass is 35.5. The van der Waals surface area contributed by atoms with Crippen LogP contribution in [0.3, 0.4) is 0 Å². The number of likely N-dealkylation sites (tertiary alicyclic amines) is 1. The van der Waals surface area contributed by atoms with Gasteiger partial charge in [0.15, 0.2) is 0 Å². The Kier molecular flexibility index (Phi) is 6.76. The molecule has 1 N–H and O–H groups in total. The van der Waals surface area contributed by atoms with Gasteiger partial charge in [0.25, 0.3) is 10.0 Å². The summed E-state index contributed by atoms with van der Waals surface area (Å²) in [6, 6.07) is 12.7. The molecule has 1 heterocycles. The van der Waals surface area contributed by atoms with E-state index in [4.69, 9.17) is 11.8 Å². The molecule has 29 heavy (non-hydrogen) atoms. The fourth-order valence-corrected chi connectivity index (χ4v) is 4.90. The molecule has 0 spiro atoms. The van der Waals surface area contributed by atoms with Gasteiger partial charge < -0.3 is 10.2 Å². The van der Waals surface area contributed by atoms with Crippen LogP contribution in [-0.2, 0) is 10.0 Å². The molecule has 7 heteroatoms. The Labute approximate surface area is 179 Å². The molecule has 0 radical (unpaired) electrons. The van der Waals surface area contributed by atoms with Gasteiger partial charge in [0.05, 0.1) is 10.6 Å². The van der Waals surface area contributed by atoms with E-state index in [1.165, 1.54) is 0 Å². The molecule has 1 saturated heterocycles. The van der Waals surface area contributed by atoms with E-state index in [1.54, 1.807) is 18.2 Å². The third kappa shape index (κ3) is 5.05. The first-order chi connectivity index (χ1) is 13.7. The maximum Gasteiger partial charge on any atom is 0.278 e. The zero-order valence-corrected chi connectivity index (χ0v) is 19.1. The second-order valence-electron chi connectivity index (χ2n) is 8.16. The zero-order chi connectivity index (χ0) is 21.2. The van der Waals surface area contributed by atoms with Crippen LogP contribution in [0.1, 0.15) is 43.7 Å². The molecular weight excluding hydrogens is 406 g/mol. The molecule has 5 nitrogen and oxygen atoms in total. The first-order valence-electron chi connectivity index (χ1n) is 10.1. The lowest BCUT2D eigenvalue weighted by Crippen LogP contribution is -2.36. The normalized spacial score (nSPS) is 16.2. The van der Waals surface area contributed by atoms with Gasteiger partial charge in [-0.1, -0.05) is 32.0 Å². The number of anilines is 2. The first kappa shape index (κ1) is 21.9. The van der Waals surface area contributed by atoms with Crippen LogP contribution in [-0.4, -0.2) is 39.5 Å². The molecule has 0 aliphatic carbocycles. The highest BCUT2D eigenvalue weighted by molar-refractivity contribution is 7.94. The van der Waals surface area contributed by atoms with Crippen LogP contribution < -0.4 is 9.14 Å². The van der Waals surface area contributed by atoms with Gasteiger partial charge in [0.2, 0.25) is 0 Å². The van der Waals surface area contributed by atoms with E-state index < -0.39 is 10.0 Å². The fourth-order valence-electron chi connectivity index (χ4n) is 3.50. The van der Waals surface area contributed by atoms with Gasteiger partial charge in [-0.05, 0) is 81.2 Å². The predicted molar refractivity (Wildman–Crippen MR) is 121 cm³/mol. The number of benzene rings is 2. The number of hydrogen-bond acceptors (Lipinski definition) is 4. The van der Waals surface area contributed by atoms with E-state index in [0.29, 0.717) is 17.6 Å². The SMILES string of the molecule is Cc1ccc(N(Cl)S(=O)(=O)c2ccc(C(C)C)cc2)cc1NC1CCN(C)CC1. The fraction of sp³-hybridized carbons (Fsp3) is 0.455. The number of hydrogen-bond donors (Lipinski definition) is 1. The third-order valence-electron chi connectivity index (χ3n) is 5.56. The Balaban J connectivity index is 1.81. The van der Waals surface area contributed by atoms with Crippen molar-refractivity contribution >= 4 is 33.2 Å². The molecule has 1 fully saturated rings. The Morgan fingerprint density at radius 1 is 1.10 bits per heavy atom. The van der Waals surface area contributed by atoms with E-state index in [9.17, 15) is 8.42 Å². The standard InChI is InChI=1S/C22H30ClN3O2S/c1-16(2)18-6-9-21(10-7-18)29(27,28)26(23)20-8-5-17(3)22(15-20)24-19-11-13-25(4)14-12-19/h5-10,15-16,19,24H,11-14H2,1-4H3. The minimum absolute atomic E-state index is 0.183. The topological polar surface area (TPSA) is 52.7 Å². The number of aryl methyl sites for hydroxylation is 1. The maximum absolute atomic E-state index is 13.0. The lowest BCUT2D eigenvalue weighted by molar-refractivity contribution is 0.264. The summed E-state index contributed by atoms with van der Waals surface area (Å²) in [5, 5.41) is 3.57. The number of sulfonamides is 1. The van der Waals surface area contributed by atoms with Crippen molar-refractivity contribution in [2.45, 2.75) is 50.5 Å². The molecule has 0 atom stereocenters. The molecule has 0 bridgehead atoms. The summed E-state index contributed by atoms with van der Waals surface area (Å²) < 4.78 is 26.9. The third-order valence-corrected chi connectivity index (χ3v) is 7.80. The molecule has 3 rings (SSSR count). The lowest BCUT2D eigenvalue weighted by atomic mass is 10.0. The molecule has 0 saturated carbocycles. The average molecular weight is 436 g/mol. The Hall–Kier alpha value is -1.76. The number of piperidine rings is 1. The molecule has 1 aliphatic heterocycles. The lowest BCUT2D eigenvalue weighted by Gasteiger charge is -2.31. The van der Waals surface area contributed by atoms with Crippen LogP contribution in [0.4, 0.5) is 11.4 Å². The second kappa shape index (κ2) is 8.94. The van der Waals surface area contributed by atoms with Crippen LogP contribution in [0, 0.1) is 6.92 Å². The summed E-state index contributed by atoms with van der Waals surface area (Å²) in [5.74, 6) is 0.337. The van der Waals surface area contributed by atoms with Crippen LogP contribution in [0.5, 0.6) is 0 Å². The summed E-state index contributed by atoms with van der Waals surface area (Å²) in [6.07, 6.45) is 2.12. The number of halogens is 1. The number of nitrogens with one attached hydrogen (secondary N) is 1. The Morgan fingerprint density at radius 2 is 1.72 bits per heavy atom. The van der Waals surface area contributed by atoms with Crippen molar-refractivity contribution in [1.82, 2.24) is 4.90 Å². The molecular formula is C22H30ClN3O2S. The van der Waals surface area contributed by atoms with Crippen molar-refractivity contribution in [3.8, 4) is 0 Å². The van der Waals surface area contributed by atoms with Crippen molar-refractivity contribution in [1.29, 1.82) is 0 Å². The largest absolute Gasteiger partial charge is 0.382 e. The van der Waals surface area contributed by atoms with Crippen molar-refractivity contribution in [2.24, 2.45) is 0 Å². The highest BCUT2D eigenvalue weighted by Crippen LogP contribution is 2.31. The Bertz CT molecular complexity index is 937. The molecule has 0 aromatic heterocycles. The van der Waals surface area contributed by atoms with E-state index in [0.717, 1.165) is 46.6 Å². The minimum Gasteiger partial charge on any atom is -0.382 e. The monoisotopic (exact) mass is 435 g/mol. The van der Waals surface area contributed by atoms with Gasteiger partial charge >= 0.3 is 0 Å². The number of nitrogens with zero attached hydrogens (tertiary/aromatic N) is 2. The maximum atomic E-state index is 13.0. The van der Waals surface area contributed by atoms with Crippen molar-refractivity contribution in [3.63, 3.8) is 0 Å². The average Bonchev–Trinajstić information content (AvgIpc) is 2.70. The van der Waals surface area contributed by atoms with Crippen molar-refractivity contribution < 1.29 is 8.42 Å². The van der Waals surface area contributed by atoms with E-state index in [1.807, 2.05) is 31.2 Å². The minimum atomic E-state index is -3.84. The molecule has 0 amide bonds. The molecule has 2 aromatic carbocycles. The van der Waals surface area contributed by atoms with Crippen LogP contribution in [0.25, 0.3) is 0 Å². The first-order valence-corrected chi connectivity index (χ1v) is 11.8. The van der Waals surface area contributed by atoms with Crippen LogP contribution in [0.2, 0.25) is 0 Å². The van der Waals surface area contributed by atoms with Gasteiger partial charge in [-0.15, -0.1) is 0 Å². The van der Waals surface area contributed by atoms with Crippen molar-refractivity contribution in [3.05, 3.63) is 53.6 Å². The molecule has 2 aromatic rings. The predicted octanol–water partition coefficient (Wildman–Crippen LogP) is 4.97. The van der Waals surface area contributed by atoms with E-state index >= 15 is 0 Å². The van der Waals surface area contributed by atoms with Gasteiger partial charge in [-0.25, -0.2) is 0 Å². The van der Waals surface area contributed by atoms with Crippen molar-refractivity contribution in [2.75, 3.05) is 29.3 Å². The summed E-state index contributed by atoms with van der Waals surface area (Å²) in [4.78, 5) is 2.50. The van der Waals surface area contributed by atoms with Gasteiger partial charge in [0.1, 0.15) is 0 Å². The molecule has 1 aliphatic rings. The second-order valence-corrected chi connectivity index (χ2v) is 10.5.